The van der Waals surface area contributed by atoms with Crippen LogP contribution in [0.4, 0.5) is 0 Å². The van der Waals surface area contributed by atoms with E-state index >= 15 is 0 Å². The number of rotatable bonds is 9. The first kappa shape index (κ1) is 20.7. The highest BCUT2D eigenvalue weighted by Gasteiger charge is 2.27. The third-order valence-electron chi connectivity index (χ3n) is 4.80. The molecule has 26 heavy (non-hydrogen) atoms. The predicted molar refractivity (Wildman–Crippen MR) is 98.5 cm³/mol. The second-order valence-corrected chi connectivity index (χ2v) is 6.74. The molecule has 7 heteroatoms. The maximum absolute atomic E-state index is 12.6. The molecule has 2 fully saturated rings. The van der Waals surface area contributed by atoms with Crippen LogP contribution in [0.1, 0.15) is 32.1 Å². The van der Waals surface area contributed by atoms with Crippen molar-refractivity contribution < 1.29 is 19.1 Å². The number of nitrogens with one attached hydrogen (secondary N) is 1. The molecule has 2 aliphatic heterocycles. The molecule has 1 N–H and O–H groups in total. The first-order chi connectivity index (χ1) is 12.7. The van der Waals surface area contributed by atoms with Crippen LogP contribution < -0.4 is 5.32 Å². The molecule has 0 aromatic rings. The minimum Gasteiger partial charge on any atom is -0.379 e. The fraction of sp³-hybridized carbons (Fsp3) is 0.789. The molecule has 1 unspecified atom stereocenters. The summed E-state index contributed by atoms with van der Waals surface area (Å²) < 4.78 is 10.8. The Balaban J connectivity index is 1.70. The number of carbonyl (C=O) groups is 2. The predicted octanol–water partition coefficient (Wildman–Crippen LogP) is 0.246. The van der Waals surface area contributed by atoms with Gasteiger partial charge in [-0.3, -0.25) is 14.5 Å². The minimum absolute atomic E-state index is 0.00770. The highest BCUT2D eigenvalue weighted by molar-refractivity contribution is 5.78. The molecule has 2 aliphatic rings. The molecule has 0 radical (unpaired) electrons. The van der Waals surface area contributed by atoms with Gasteiger partial charge in [-0.25, -0.2) is 0 Å². The SMILES string of the molecule is C#CCCCCC(=O)NCC1COCCN1C(=O)CCN1CCOCC1. The lowest BCUT2D eigenvalue weighted by molar-refractivity contribution is -0.141. The Bertz CT molecular complexity index is 486. The van der Waals surface area contributed by atoms with Crippen molar-refractivity contribution in [2.24, 2.45) is 0 Å². The molecule has 0 aliphatic carbocycles. The number of morpholine rings is 2. The van der Waals surface area contributed by atoms with E-state index in [1.807, 2.05) is 4.90 Å². The standard InChI is InChI=1S/C19H31N3O4/c1-2-3-4-5-6-18(23)20-15-17-16-26-14-11-22(17)19(24)7-8-21-9-12-25-13-10-21/h1,17H,3-16H2,(H,20,23). The van der Waals surface area contributed by atoms with Gasteiger partial charge in [-0.1, -0.05) is 0 Å². The third-order valence-corrected chi connectivity index (χ3v) is 4.80. The molecule has 0 bridgehead atoms. The summed E-state index contributed by atoms with van der Waals surface area (Å²) >= 11 is 0. The van der Waals surface area contributed by atoms with Crippen molar-refractivity contribution in [2.75, 3.05) is 59.2 Å². The van der Waals surface area contributed by atoms with Gasteiger partial charge >= 0.3 is 0 Å². The fourth-order valence-corrected chi connectivity index (χ4v) is 3.21. The topological polar surface area (TPSA) is 71.1 Å². The van der Waals surface area contributed by atoms with E-state index in [2.05, 4.69) is 16.1 Å². The van der Waals surface area contributed by atoms with Crippen molar-refractivity contribution in [3.63, 3.8) is 0 Å². The van der Waals surface area contributed by atoms with Gasteiger partial charge < -0.3 is 19.7 Å². The van der Waals surface area contributed by atoms with E-state index in [1.54, 1.807) is 0 Å². The fourth-order valence-electron chi connectivity index (χ4n) is 3.21. The zero-order chi connectivity index (χ0) is 18.6. The van der Waals surface area contributed by atoms with Crippen LogP contribution in [0.25, 0.3) is 0 Å². The molecular weight excluding hydrogens is 334 g/mol. The summed E-state index contributed by atoms with van der Waals surface area (Å²) in [5.41, 5.74) is 0. The average Bonchev–Trinajstić information content (AvgIpc) is 2.69. The number of carbonyl (C=O) groups excluding carboxylic acids is 2. The zero-order valence-corrected chi connectivity index (χ0v) is 15.6. The first-order valence-electron chi connectivity index (χ1n) is 9.58. The average molecular weight is 365 g/mol. The summed E-state index contributed by atoms with van der Waals surface area (Å²) in [6.07, 6.45) is 8.53. The molecule has 0 saturated carbocycles. The Morgan fingerprint density at radius 3 is 2.62 bits per heavy atom. The molecule has 7 nitrogen and oxygen atoms in total. The highest BCUT2D eigenvalue weighted by Crippen LogP contribution is 2.10. The van der Waals surface area contributed by atoms with E-state index in [0.717, 1.165) is 45.7 Å². The zero-order valence-electron chi connectivity index (χ0n) is 15.6. The van der Waals surface area contributed by atoms with Gasteiger partial charge in [0.1, 0.15) is 0 Å². The second kappa shape index (κ2) is 11.9. The van der Waals surface area contributed by atoms with Gasteiger partial charge in [-0.2, -0.15) is 0 Å². The van der Waals surface area contributed by atoms with Crippen molar-refractivity contribution in [3.8, 4) is 12.3 Å². The molecule has 0 aromatic heterocycles. The Hall–Kier alpha value is -1.62. The summed E-state index contributed by atoms with van der Waals surface area (Å²) in [5.74, 6) is 2.72. The summed E-state index contributed by atoms with van der Waals surface area (Å²) in [5, 5.41) is 2.93. The lowest BCUT2D eigenvalue weighted by Gasteiger charge is -2.36. The second-order valence-electron chi connectivity index (χ2n) is 6.74. The molecule has 1 atom stereocenters. The number of terminal acetylenes is 1. The van der Waals surface area contributed by atoms with Crippen molar-refractivity contribution in [3.05, 3.63) is 0 Å². The van der Waals surface area contributed by atoms with Crippen LogP contribution in [0, 0.1) is 12.3 Å². The largest absolute Gasteiger partial charge is 0.379 e. The van der Waals surface area contributed by atoms with Crippen LogP contribution in [0.5, 0.6) is 0 Å². The van der Waals surface area contributed by atoms with Crippen LogP contribution >= 0.6 is 0 Å². The van der Waals surface area contributed by atoms with Crippen molar-refractivity contribution in [2.45, 2.75) is 38.1 Å². The van der Waals surface area contributed by atoms with Gasteiger partial charge in [-0.05, 0) is 12.8 Å². The number of hydrogen-bond donors (Lipinski definition) is 1. The lowest BCUT2D eigenvalue weighted by atomic mass is 10.1. The third kappa shape index (κ3) is 7.32. The summed E-state index contributed by atoms with van der Waals surface area (Å²) in [4.78, 5) is 28.7. The Morgan fingerprint density at radius 1 is 1.08 bits per heavy atom. The number of unbranched alkanes of at least 4 members (excludes halogenated alkanes) is 2. The van der Waals surface area contributed by atoms with Crippen molar-refractivity contribution in [1.82, 2.24) is 15.1 Å². The highest BCUT2D eigenvalue weighted by atomic mass is 16.5. The molecular formula is C19H31N3O4. The summed E-state index contributed by atoms with van der Waals surface area (Å²) in [6.45, 7) is 6.06. The van der Waals surface area contributed by atoms with E-state index < -0.39 is 0 Å². The van der Waals surface area contributed by atoms with Gasteiger partial charge in [0, 0.05) is 52.0 Å². The van der Waals surface area contributed by atoms with E-state index in [-0.39, 0.29) is 17.9 Å². The molecule has 2 saturated heterocycles. The van der Waals surface area contributed by atoms with E-state index in [0.29, 0.717) is 45.6 Å². The lowest BCUT2D eigenvalue weighted by Crippen LogP contribution is -2.54. The Labute approximate surface area is 156 Å². The maximum atomic E-state index is 12.6. The monoisotopic (exact) mass is 365 g/mol. The number of nitrogens with zero attached hydrogens (tertiary/aromatic N) is 2. The van der Waals surface area contributed by atoms with Crippen LogP contribution in [-0.4, -0.2) is 86.8 Å². The Kier molecular flexibility index (Phi) is 9.46. The van der Waals surface area contributed by atoms with Gasteiger partial charge in [0.25, 0.3) is 0 Å². The smallest absolute Gasteiger partial charge is 0.224 e. The van der Waals surface area contributed by atoms with E-state index in [4.69, 9.17) is 15.9 Å². The maximum Gasteiger partial charge on any atom is 0.224 e. The molecule has 2 heterocycles. The van der Waals surface area contributed by atoms with Gasteiger partial charge in [0.05, 0.1) is 32.5 Å². The van der Waals surface area contributed by atoms with E-state index in [9.17, 15) is 9.59 Å². The number of hydrogen-bond acceptors (Lipinski definition) is 5. The molecule has 0 spiro atoms. The van der Waals surface area contributed by atoms with E-state index in [1.165, 1.54) is 0 Å². The summed E-state index contributed by atoms with van der Waals surface area (Å²) in [6, 6.07) is -0.0874. The van der Waals surface area contributed by atoms with Crippen molar-refractivity contribution >= 4 is 11.8 Å². The van der Waals surface area contributed by atoms with Crippen LogP contribution in [0.2, 0.25) is 0 Å². The van der Waals surface area contributed by atoms with Gasteiger partial charge in [-0.15, -0.1) is 12.3 Å². The quantitative estimate of drug-likeness (QED) is 0.468. The minimum atomic E-state index is -0.0874. The van der Waals surface area contributed by atoms with Crippen LogP contribution in [0.3, 0.4) is 0 Å². The normalized spacial score (nSPS) is 21.2. The van der Waals surface area contributed by atoms with Gasteiger partial charge in [0.2, 0.25) is 11.8 Å². The van der Waals surface area contributed by atoms with Crippen LogP contribution in [0.15, 0.2) is 0 Å². The van der Waals surface area contributed by atoms with Crippen LogP contribution in [-0.2, 0) is 19.1 Å². The summed E-state index contributed by atoms with van der Waals surface area (Å²) in [7, 11) is 0. The van der Waals surface area contributed by atoms with Crippen molar-refractivity contribution in [1.29, 1.82) is 0 Å². The molecule has 2 amide bonds. The van der Waals surface area contributed by atoms with Gasteiger partial charge in [0.15, 0.2) is 0 Å². The first-order valence-corrected chi connectivity index (χ1v) is 9.58. The Morgan fingerprint density at radius 2 is 1.85 bits per heavy atom. The number of ether oxygens (including phenoxy) is 2. The molecule has 0 aromatic carbocycles. The number of amides is 2. The molecule has 146 valence electrons. The molecule has 2 rings (SSSR count).